The maximum atomic E-state index is 12.5. The molecule has 0 aliphatic heterocycles. The first-order valence-electron chi connectivity index (χ1n) is 9.85. The van der Waals surface area contributed by atoms with Gasteiger partial charge in [0.15, 0.2) is 0 Å². The van der Waals surface area contributed by atoms with Crippen LogP contribution in [-0.4, -0.2) is 30.3 Å². The number of hydrogen-bond acceptors (Lipinski definition) is 4. The highest BCUT2D eigenvalue weighted by Gasteiger charge is 2.23. The lowest BCUT2D eigenvalue weighted by Gasteiger charge is -2.18. The van der Waals surface area contributed by atoms with Crippen LogP contribution >= 0.6 is 11.8 Å². The normalized spacial score (nSPS) is 11.6. The molecule has 2 aromatic carbocycles. The Kier molecular flexibility index (Phi) is 10.2. The number of benzene rings is 2. The highest BCUT2D eigenvalue weighted by Crippen LogP contribution is 2.14. The van der Waals surface area contributed by atoms with Crippen molar-refractivity contribution < 1.29 is 14.3 Å². The lowest BCUT2D eigenvalue weighted by molar-refractivity contribution is -0.145. The summed E-state index contributed by atoms with van der Waals surface area (Å²) >= 11 is 1.61. The SMILES string of the molecule is CCCCCCOC(=O)C(CSCc1ccccc1)NC(=O)c1ccccc1. The summed E-state index contributed by atoms with van der Waals surface area (Å²) in [6, 6.07) is 18.4. The number of hydrogen-bond donors (Lipinski definition) is 1. The van der Waals surface area contributed by atoms with Crippen LogP contribution in [0.25, 0.3) is 0 Å². The third-order valence-electron chi connectivity index (χ3n) is 4.26. The van der Waals surface area contributed by atoms with Gasteiger partial charge in [-0.3, -0.25) is 4.79 Å². The van der Waals surface area contributed by atoms with E-state index in [4.69, 9.17) is 4.74 Å². The summed E-state index contributed by atoms with van der Waals surface area (Å²) in [7, 11) is 0. The fourth-order valence-corrected chi connectivity index (χ4v) is 3.67. The van der Waals surface area contributed by atoms with E-state index in [-0.39, 0.29) is 11.9 Å². The summed E-state index contributed by atoms with van der Waals surface area (Å²) in [5.74, 6) is 0.638. The first kappa shape index (κ1) is 22.0. The van der Waals surface area contributed by atoms with Crippen molar-refractivity contribution in [2.75, 3.05) is 12.4 Å². The third kappa shape index (κ3) is 8.17. The van der Waals surface area contributed by atoms with Crippen LogP contribution in [0, 0.1) is 0 Å². The Hall–Kier alpha value is -2.27. The van der Waals surface area contributed by atoms with Gasteiger partial charge < -0.3 is 10.1 Å². The molecule has 0 saturated carbocycles. The summed E-state index contributed by atoms with van der Waals surface area (Å²) in [5.41, 5.74) is 1.73. The predicted molar refractivity (Wildman–Crippen MR) is 115 cm³/mol. The first-order chi connectivity index (χ1) is 13.7. The molecule has 0 bridgehead atoms. The van der Waals surface area contributed by atoms with E-state index in [1.54, 1.807) is 36.0 Å². The number of nitrogens with one attached hydrogen (secondary N) is 1. The Bertz CT molecular complexity index is 706. The van der Waals surface area contributed by atoms with Crippen LogP contribution in [0.15, 0.2) is 60.7 Å². The molecule has 4 nitrogen and oxygen atoms in total. The van der Waals surface area contributed by atoms with E-state index >= 15 is 0 Å². The van der Waals surface area contributed by atoms with Crippen molar-refractivity contribution >= 4 is 23.6 Å². The maximum Gasteiger partial charge on any atom is 0.329 e. The summed E-state index contributed by atoms with van der Waals surface area (Å²) in [5, 5.41) is 2.84. The van der Waals surface area contributed by atoms with Gasteiger partial charge >= 0.3 is 5.97 Å². The summed E-state index contributed by atoms with van der Waals surface area (Å²) in [6.07, 6.45) is 4.18. The molecule has 1 N–H and O–H groups in total. The van der Waals surface area contributed by atoms with Crippen LogP contribution in [0.1, 0.15) is 48.5 Å². The van der Waals surface area contributed by atoms with Gasteiger partial charge in [-0.15, -0.1) is 0 Å². The Morgan fingerprint density at radius 1 is 0.964 bits per heavy atom. The highest BCUT2D eigenvalue weighted by atomic mass is 32.2. The molecule has 0 aliphatic rings. The summed E-state index contributed by atoms with van der Waals surface area (Å²) < 4.78 is 5.42. The molecule has 5 heteroatoms. The number of carbonyl (C=O) groups excluding carboxylic acids is 2. The van der Waals surface area contributed by atoms with E-state index in [0.717, 1.165) is 31.4 Å². The van der Waals surface area contributed by atoms with Crippen molar-refractivity contribution in [2.24, 2.45) is 0 Å². The van der Waals surface area contributed by atoms with E-state index in [2.05, 4.69) is 24.4 Å². The fourth-order valence-electron chi connectivity index (χ4n) is 2.67. The van der Waals surface area contributed by atoms with E-state index in [0.29, 0.717) is 17.9 Å². The zero-order chi connectivity index (χ0) is 20.0. The Morgan fingerprint density at radius 3 is 2.32 bits per heavy atom. The number of amides is 1. The minimum atomic E-state index is -0.660. The van der Waals surface area contributed by atoms with Gasteiger partial charge in [0.25, 0.3) is 5.91 Å². The third-order valence-corrected chi connectivity index (χ3v) is 5.37. The number of ether oxygens (including phenoxy) is 1. The van der Waals surface area contributed by atoms with Gasteiger partial charge in [-0.1, -0.05) is 74.7 Å². The number of esters is 1. The van der Waals surface area contributed by atoms with E-state index in [9.17, 15) is 9.59 Å². The Labute approximate surface area is 172 Å². The van der Waals surface area contributed by atoms with Gasteiger partial charge in [0.05, 0.1) is 6.61 Å². The summed E-state index contributed by atoms with van der Waals surface area (Å²) in [4.78, 5) is 25.0. The van der Waals surface area contributed by atoms with Crippen LogP contribution < -0.4 is 5.32 Å². The molecule has 150 valence electrons. The number of carbonyl (C=O) groups is 2. The van der Waals surface area contributed by atoms with Crippen molar-refractivity contribution in [1.82, 2.24) is 5.32 Å². The predicted octanol–water partition coefficient (Wildman–Crippen LogP) is 4.84. The van der Waals surface area contributed by atoms with Crippen molar-refractivity contribution in [3.63, 3.8) is 0 Å². The number of thioether (sulfide) groups is 1. The molecule has 0 spiro atoms. The molecule has 28 heavy (non-hydrogen) atoms. The standard InChI is InChI=1S/C23H29NO3S/c1-2-3-4-11-16-27-23(26)21(18-28-17-19-12-7-5-8-13-19)24-22(25)20-14-9-6-10-15-20/h5-10,12-15,21H,2-4,11,16-18H2,1H3,(H,24,25). The van der Waals surface area contributed by atoms with E-state index in [1.807, 2.05) is 24.3 Å². The minimum Gasteiger partial charge on any atom is -0.464 e. The van der Waals surface area contributed by atoms with Crippen molar-refractivity contribution in [1.29, 1.82) is 0 Å². The zero-order valence-corrected chi connectivity index (χ0v) is 17.3. The van der Waals surface area contributed by atoms with Crippen LogP contribution in [0.3, 0.4) is 0 Å². The lowest BCUT2D eigenvalue weighted by atomic mass is 10.2. The molecular formula is C23H29NO3S. The minimum absolute atomic E-state index is 0.256. The average molecular weight is 400 g/mol. The second-order valence-electron chi connectivity index (χ2n) is 6.62. The number of unbranched alkanes of at least 4 members (excludes halogenated alkanes) is 3. The molecule has 0 fully saturated rings. The Balaban J connectivity index is 1.89. The molecule has 2 aromatic rings. The molecule has 1 atom stereocenters. The topological polar surface area (TPSA) is 55.4 Å². The monoisotopic (exact) mass is 399 g/mol. The van der Waals surface area contributed by atoms with Crippen LogP contribution in [-0.2, 0) is 15.3 Å². The molecule has 0 radical (unpaired) electrons. The average Bonchev–Trinajstić information content (AvgIpc) is 2.74. The smallest absolute Gasteiger partial charge is 0.329 e. The van der Waals surface area contributed by atoms with Crippen molar-refractivity contribution in [3.05, 3.63) is 71.8 Å². The van der Waals surface area contributed by atoms with Gasteiger partial charge in [-0.2, -0.15) is 11.8 Å². The quantitative estimate of drug-likeness (QED) is 0.410. The largest absolute Gasteiger partial charge is 0.464 e. The molecule has 2 rings (SSSR count). The fraction of sp³-hybridized carbons (Fsp3) is 0.391. The maximum absolute atomic E-state index is 12.5. The van der Waals surface area contributed by atoms with Gasteiger partial charge in [-0.05, 0) is 24.1 Å². The molecule has 0 saturated heterocycles. The molecule has 0 heterocycles. The van der Waals surface area contributed by atoms with Gasteiger partial charge in [0.1, 0.15) is 6.04 Å². The molecule has 1 amide bonds. The molecule has 0 aliphatic carbocycles. The molecular weight excluding hydrogens is 370 g/mol. The molecule has 1 unspecified atom stereocenters. The van der Waals surface area contributed by atoms with Crippen LogP contribution in [0.5, 0.6) is 0 Å². The second kappa shape index (κ2) is 13.0. The van der Waals surface area contributed by atoms with Crippen molar-refractivity contribution in [3.8, 4) is 0 Å². The van der Waals surface area contributed by atoms with E-state index < -0.39 is 6.04 Å². The van der Waals surface area contributed by atoms with E-state index in [1.165, 1.54) is 5.56 Å². The first-order valence-corrected chi connectivity index (χ1v) is 11.0. The Morgan fingerprint density at radius 2 is 1.64 bits per heavy atom. The lowest BCUT2D eigenvalue weighted by Crippen LogP contribution is -2.43. The van der Waals surface area contributed by atoms with Crippen LogP contribution in [0.4, 0.5) is 0 Å². The zero-order valence-electron chi connectivity index (χ0n) is 16.4. The highest BCUT2D eigenvalue weighted by molar-refractivity contribution is 7.98. The summed E-state index contributed by atoms with van der Waals surface area (Å²) in [6.45, 7) is 2.55. The van der Waals surface area contributed by atoms with Gasteiger partial charge in [0, 0.05) is 17.1 Å². The second-order valence-corrected chi connectivity index (χ2v) is 7.65. The van der Waals surface area contributed by atoms with Crippen LogP contribution in [0.2, 0.25) is 0 Å². The van der Waals surface area contributed by atoms with Gasteiger partial charge in [-0.25, -0.2) is 4.79 Å². The van der Waals surface area contributed by atoms with Crippen molar-refractivity contribution in [2.45, 2.75) is 44.4 Å². The van der Waals surface area contributed by atoms with Gasteiger partial charge in [0.2, 0.25) is 0 Å². The molecule has 0 aromatic heterocycles. The number of rotatable bonds is 12.